The van der Waals surface area contributed by atoms with Crippen LogP contribution in [0.25, 0.3) is 23.0 Å². The first-order valence-corrected chi connectivity index (χ1v) is 7.65. The zero-order valence-electron chi connectivity index (χ0n) is 12.2. The Morgan fingerprint density at radius 3 is 2.83 bits per heavy atom. The van der Waals surface area contributed by atoms with Crippen molar-refractivity contribution in [1.29, 1.82) is 0 Å². The molecule has 0 aliphatic rings. The van der Waals surface area contributed by atoms with E-state index in [0.29, 0.717) is 22.6 Å². The molecule has 2 N–H and O–H groups in total. The first-order chi connectivity index (χ1) is 11.5. The molecule has 0 spiro atoms. The van der Waals surface area contributed by atoms with Crippen molar-refractivity contribution in [3.63, 3.8) is 0 Å². The summed E-state index contributed by atoms with van der Waals surface area (Å²) in [5.41, 5.74) is 7.49. The summed E-state index contributed by atoms with van der Waals surface area (Å²) in [6.45, 7) is 0. The van der Waals surface area contributed by atoms with E-state index in [-0.39, 0.29) is 5.69 Å². The number of non-ortho nitro benzene ring substituents is 1. The molecule has 1 amide bonds. The molecule has 2 heterocycles. The summed E-state index contributed by atoms with van der Waals surface area (Å²) < 4.78 is 2.60. The molecule has 0 aliphatic heterocycles. The normalized spacial score (nSPS) is 11.2. The van der Waals surface area contributed by atoms with Gasteiger partial charge in [-0.3, -0.25) is 19.3 Å². The molecule has 120 valence electrons. The highest BCUT2D eigenvalue weighted by Gasteiger charge is 2.15. The number of halogens is 1. The highest BCUT2D eigenvalue weighted by Crippen LogP contribution is 2.29. The molecule has 0 saturated heterocycles. The Balaban J connectivity index is 2.27. The number of nitro groups is 1. The van der Waals surface area contributed by atoms with E-state index in [2.05, 4.69) is 20.9 Å². The van der Waals surface area contributed by atoms with Gasteiger partial charge in [0.1, 0.15) is 5.65 Å². The minimum absolute atomic E-state index is 0.0319. The van der Waals surface area contributed by atoms with Gasteiger partial charge in [0.2, 0.25) is 5.91 Å². The molecule has 0 atom stereocenters. The Kier molecular flexibility index (Phi) is 4.13. The average Bonchev–Trinajstić information content (AvgIpc) is 2.90. The van der Waals surface area contributed by atoms with Gasteiger partial charge >= 0.3 is 0 Å². The number of carbonyl (C=O) groups excluding carboxylic acids is 1. The maximum atomic E-state index is 11.1. The number of carbonyl (C=O) groups is 1. The molecule has 0 bridgehead atoms. The van der Waals surface area contributed by atoms with Gasteiger partial charge in [-0.25, -0.2) is 4.98 Å². The zero-order chi connectivity index (χ0) is 17.3. The number of hydrogen-bond donors (Lipinski definition) is 1. The van der Waals surface area contributed by atoms with Crippen molar-refractivity contribution >= 4 is 39.2 Å². The van der Waals surface area contributed by atoms with Gasteiger partial charge in [-0.1, -0.05) is 12.1 Å². The molecule has 0 saturated carbocycles. The van der Waals surface area contributed by atoms with Crippen LogP contribution in [0.3, 0.4) is 0 Å². The lowest BCUT2D eigenvalue weighted by atomic mass is 10.1. The summed E-state index contributed by atoms with van der Waals surface area (Å²) in [6.07, 6.45) is 4.57. The summed E-state index contributed by atoms with van der Waals surface area (Å²) in [4.78, 5) is 26.2. The van der Waals surface area contributed by atoms with Crippen LogP contribution < -0.4 is 5.73 Å². The Hall–Kier alpha value is -3.00. The van der Waals surface area contributed by atoms with Crippen molar-refractivity contribution in [1.82, 2.24) is 9.38 Å². The summed E-state index contributed by atoms with van der Waals surface area (Å²) in [5.74, 6) is -0.593. The first-order valence-electron chi connectivity index (χ1n) is 6.85. The maximum absolute atomic E-state index is 11.1. The lowest BCUT2D eigenvalue weighted by Gasteiger charge is -2.01. The highest BCUT2D eigenvalue weighted by molar-refractivity contribution is 9.10. The van der Waals surface area contributed by atoms with Crippen LogP contribution >= 0.6 is 15.9 Å². The number of benzene rings is 1. The molecular weight excluding hydrogens is 376 g/mol. The number of amides is 1. The van der Waals surface area contributed by atoms with Crippen molar-refractivity contribution in [2.45, 2.75) is 0 Å². The third-order valence-electron chi connectivity index (χ3n) is 3.36. The molecule has 8 heteroatoms. The van der Waals surface area contributed by atoms with E-state index >= 15 is 0 Å². The molecule has 2 aromatic heterocycles. The fourth-order valence-corrected chi connectivity index (χ4v) is 2.67. The lowest BCUT2D eigenvalue weighted by molar-refractivity contribution is -0.384. The number of primary amides is 1. The Morgan fingerprint density at radius 1 is 1.33 bits per heavy atom. The van der Waals surface area contributed by atoms with E-state index in [1.54, 1.807) is 34.9 Å². The highest BCUT2D eigenvalue weighted by atomic mass is 79.9. The maximum Gasteiger partial charge on any atom is 0.270 e. The predicted octanol–water partition coefficient (Wildman–Crippen LogP) is 3.17. The second-order valence-electron chi connectivity index (χ2n) is 4.96. The summed E-state index contributed by atoms with van der Waals surface area (Å²) >= 11 is 3.39. The van der Waals surface area contributed by atoms with E-state index < -0.39 is 10.8 Å². The number of nitrogens with two attached hydrogens (primary N) is 1. The quantitative estimate of drug-likeness (QED) is 0.422. The van der Waals surface area contributed by atoms with Gasteiger partial charge in [0.25, 0.3) is 5.69 Å². The van der Waals surface area contributed by atoms with Gasteiger partial charge < -0.3 is 5.73 Å². The van der Waals surface area contributed by atoms with E-state index in [4.69, 9.17) is 5.73 Å². The summed E-state index contributed by atoms with van der Waals surface area (Å²) in [5, 5.41) is 11.0. The topological polar surface area (TPSA) is 104 Å². The third kappa shape index (κ3) is 3.04. The Bertz CT molecular complexity index is 994. The molecule has 3 rings (SSSR count). The second-order valence-corrected chi connectivity index (χ2v) is 5.88. The number of aromatic nitrogens is 2. The molecule has 0 aliphatic carbocycles. The Morgan fingerprint density at radius 2 is 2.12 bits per heavy atom. The van der Waals surface area contributed by atoms with Gasteiger partial charge in [-0.05, 0) is 34.1 Å². The first kappa shape index (κ1) is 15.9. The fourth-order valence-electron chi connectivity index (χ4n) is 2.34. The SMILES string of the molecule is NC(=O)/C=C/c1c(-c2cccc([N+](=O)[O-])c2)nc2ccc(Br)cn12. The Labute approximate surface area is 144 Å². The van der Waals surface area contributed by atoms with Crippen molar-refractivity contribution in [2.75, 3.05) is 0 Å². The van der Waals surface area contributed by atoms with Crippen molar-refractivity contribution < 1.29 is 9.72 Å². The molecule has 0 radical (unpaired) electrons. The van der Waals surface area contributed by atoms with Crippen LogP contribution in [0.15, 0.2) is 53.1 Å². The monoisotopic (exact) mass is 386 g/mol. The van der Waals surface area contributed by atoms with Crippen LogP contribution in [0.5, 0.6) is 0 Å². The van der Waals surface area contributed by atoms with Gasteiger partial charge in [0, 0.05) is 34.4 Å². The van der Waals surface area contributed by atoms with Crippen LogP contribution in [0.4, 0.5) is 5.69 Å². The molecule has 7 nitrogen and oxygen atoms in total. The van der Waals surface area contributed by atoms with Crippen LogP contribution in [0.1, 0.15) is 5.69 Å². The standard InChI is InChI=1S/C16H11BrN4O3/c17-11-4-7-15-19-16(10-2-1-3-12(8-10)21(23)24)13(20(15)9-11)5-6-14(18)22/h1-9H,(H2,18,22)/b6-5+. The fraction of sp³-hybridized carbons (Fsp3) is 0. The second kappa shape index (κ2) is 6.25. The molecule has 0 unspecified atom stereocenters. The molecular formula is C16H11BrN4O3. The van der Waals surface area contributed by atoms with Gasteiger partial charge in [-0.2, -0.15) is 0 Å². The van der Waals surface area contributed by atoms with Crippen LogP contribution in [0, 0.1) is 10.1 Å². The third-order valence-corrected chi connectivity index (χ3v) is 3.82. The minimum atomic E-state index is -0.593. The minimum Gasteiger partial charge on any atom is -0.366 e. The van der Waals surface area contributed by atoms with E-state index in [1.165, 1.54) is 18.2 Å². The van der Waals surface area contributed by atoms with Crippen molar-refractivity contribution in [3.8, 4) is 11.3 Å². The van der Waals surface area contributed by atoms with E-state index in [0.717, 1.165) is 4.47 Å². The number of nitrogens with zero attached hydrogens (tertiary/aromatic N) is 3. The van der Waals surface area contributed by atoms with Crippen molar-refractivity contribution in [3.05, 3.63) is 69.0 Å². The lowest BCUT2D eigenvalue weighted by Crippen LogP contribution is -2.05. The number of nitro benzene ring substituents is 1. The molecule has 3 aromatic rings. The van der Waals surface area contributed by atoms with Crippen molar-refractivity contribution in [2.24, 2.45) is 5.73 Å². The van der Waals surface area contributed by atoms with E-state index in [9.17, 15) is 14.9 Å². The number of imidazole rings is 1. The van der Waals surface area contributed by atoms with Gasteiger partial charge in [0.05, 0.1) is 16.3 Å². The van der Waals surface area contributed by atoms with Crippen LogP contribution in [-0.2, 0) is 4.79 Å². The smallest absolute Gasteiger partial charge is 0.270 e. The number of fused-ring (bicyclic) bond motifs is 1. The predicted molar refractivity (Wildman–Crippen MR) is 93.2 cm³/mol. The zero-order valence-corrected chi connectivity index (χ0v) is 13.8. The molecule has 1 aromatic carbocycles. The summed E-state index contributed by atoms with van der Waals surface area (Å²) in [6, 6.07) is 9.81. The van der Waals surface area contributed by atoms with Crippen LogP contribution in [-0.4, -0.2) is 20.2 Å². The average molecular weight is 387 g/mol. The van der Waals surface area contributed by atoms with Gasteiger partial charge in [-0.15, -0.1) is 0 Å². The number of pyridine rings is 1. The summed E-state index contributed by atoms with van der Waals surface area (Å²) in [7, 11) is 0. The number of rotatable bonds is 4. The largest absolute Gasteiger partial charge is 0.366 e. The van der Waals surface area contributed by atoms with Gasteiger partial charge in [0.15, 0.2) is 0 Å². The molecule has 24 heavy (non-hydrogen) atoms. The van der Waals surface area contributed by atoms with Crippen LogP contribution in [0.2, 0.25) is 0 Å². The van der Waals surface area contributed by atoms with E-state index in [1.807, 2.05) is 6.07 Å². The molecule has 0 fully saturated rings. The number of hydrogen-bond acceptors (Lipinski definition) is 4.